The van der Waals surface area contributed by atoms with Gasteiger partial charge in [0.1, 0.15) is 5.82 Å². The molecule has 0 unspecified atom stereocenters. The maximum Gasteiger partial charge on any atom is 0.251 e. The lowest BCUT2D eigenvalue weighted by Crippen LogP contribution is -2.40. The van der Waals surface area contributed by atoms with E-state index < -0.39 is 5.91 Å². The molecule has 1 aliphatic rings. The Bertz CT molecular complexity index is 945. The van der Waals surface area contributed by atoms with E-state index >= 15 is 0 Å². The van der Waals surface area contributed by atoms with Crippen LogP contribution in [0.3, 0.4) is 0 Å². The van der Waals surface area contributed by atoms with E-state index in [1.54, 1.807) is 31.3 Å². The zero-order valence-corrected chi connectivity index (χ0v) is 19.6. The quantitative estimate of drug-likeness (QED) is 0.234. The van der Waals surface area contributed by atoms with Crippen molar-refractivity contribution in [3.05, 3.63) is 71.0 Å². The molecule has 0 bridgehead atoms. The van der Waals surface area contributed by atoms with E-state index in [0.717, 1.165) is 24.0 Å². The molecule has 166 valence electrons. The Morgan fingerprint density at radius 2 is 1.81 bits per heavy atom. The number of hydrogen-bond acceptors (Lipinski definition) is 3. The summed E-state index contributed by atoms with van der Waals surface area (Å²) in [5.41, 5.74) is 7.41. The van der Waals surface area contributed by atoms with E-state index in [2.05, 4.69) is 20.9 Å². The van der Waals surface area contributed by atoms with Crippen LogP contribution in [0.4, 0.5) is 4.39 Å². The number of hydrogen-bond donors (Lipinski definition) is 4. The smallest absolute Gasteiger partial charge is 0.251 e. The fourth-order valence-corrected chi connectivity index (χ4v) is 3.24. The summed E-state index contributed by atoms with van der Waals surface area (Å²) in [6.45, 7) is 1.01. The summed E-state index contributed by atoms with van der Waals surface area (Å²) < 4.78 is 13.6. The molecule has 5 N–H and O–H groups in total. The van der Waals surface area contributed by atoms with Crippen molar-refractivity contribution in [1.29, 1.82) is 0 Å². The number of guanidine groups is 1. The number of amides is 2. The molecule has 1 saturated carbocycles. The summed E-state index contributed by atoms with van der Waals surface area (Å²) in [5.74, 6) is -0.500. The Balaban J connectivity index is 0.00000341. The van der Waals surface area contributed by atoms with Crippen LogP contribution in [0.25, 0.3) is 0 Å². The summed E-state index contributed by atoms with van der Waals surface area (Å²) in [5, 5.41) is 9.02. The fraction of sp³-hybridized carbons (Fsp3) is 0.318. The number of nitrogens with one attached hydrogen (secondary N) is 3. The largest absolute Gasteiger partial charge is 0.368 e. The molecule has 0 saturated heterocycles. The van der Waals surface area contributed by atoms with E-state index in [9.17, 15) is 14.0 Å². The number of carbonyl (C=O) groups is 2. The van der Waals surface area contributed by atoms with Crippen LogP contribution in [0.2, 0.25) is 0 Å². The van der Waals surface area contributed by atoms with Gasteiger partial charge in [0.25, 0.3) is 5.91 Å². The standard InChI is InChI=1S/C22H26FN5O2.HI/c1-25-21(28-14-22(9-10-22)17-3-2-4-18(23)11-17)27-12-15-5-7-16(8-6-15)20(30)26-13-19(24)29;/h2-8,11H,9-10,12-14H2,1H3,(H2,24,29)(H,26,30)(H2,25,27,28);1H. The number of nitrogens with two attached hydrogens (primary N) is 1. The molecule has 2 aromatic rings. The van der Waals surface area contributed by atoms with Gasteiger partial charge >= 0.3 is 0 Å². The predicted molar refractivity (Wildman–Crippen MR) is 129 cm³/mol. The second-order valence-electron chi connectivity index (χ2n) is 7.42. The zero-order chi connectivity index (χ0) is 21.6. The Kier molecular flexibility index (Phi) is 8.78. The lowest BCUT2D eigenvalue weighted by Gasteiger charge is -2.19. The van der Waals surface area contributed by atoms with Crippen LogP contribution in [-0.4, -0.2) is 37.9 Å². The number of aliphatic imine (C=N–C) groups is 1. The molecule has 2 aromatic carbocycles. The minimum Gasteiger partial charge on any atom is -0.368 e. The Hall–Kier alpha value is -2.69. The molecule has 7 nitrogen and oxygen atoms in total. The van der Waals surface area contributed by atoms with Gasteiger partial charge in [-0.25, -0.2) is 4.39 Å². The van der Waals surface area contributed by atoms with Crippen molar-refractivity contribution in [2.75, 3.05) is 20.1 Å². The molecule has 9 heteroatoms. The van der Waals surface area contributed by atoms with Gasteiger partial charge in [-0.3, -0.25) is 14.6 Å². The number of benzene rings is 2. The predicted octanol–water partition coefficient (Wildman–Crippen LogP) is 2.06. The zero-order valence-electron chi connectivity index (χ0n) is 17.3. The molecule has 0 radical (unpaired) electrons. The monoisotopic (exact) mass is 539 g/mol. The van der Waals surface area contributed by atoms with E-state index in [0.29, 0.717) is 24.6 Å². The Morgan fingerprint density at radius 1 is 1.10 bits per heavy atom. The minimum atomic E-state index is -0.589. The summed E-state index contributed by atoms with van der Waals surface area (Å²) in [4.78, 5) is 26.9. The molecule has 1 fully saturated rings. The van der Waals surface area contributed by atoms with Crippen molar-refractivity contribution < 1.29 is 14.0 Å². The van der Waals surface area contributed by atoms with Crippen LogP contribution in [-0.2, 0) is 16.8 Å². The van der Waals surface area contributed by atoms with Gasteiger partial charge in [0.05, 0.1) is 6.54 Å². The van der Waals surface area contributed by atoms with Gasteiger partial charge in [0.15, 0.2) is 5.96 Å². The first-order valence-electron chi connectivity index (χ1n) is 9.78. The van der Waals surface area contributed by atoms with Crippen molar-refractivity contribution in [2.24, 2.45) is 10.7 Å². The Morgan fingerprint density at radius 3 is 2.39 bits per heavy atom. The summed E-state index contributed by atoms with van der Waals surface area (Å²) in [6.07, 6.45) is 2.03. The van der Waals surface area contributed by atoms with Crippen LogP contribution < -0.4 is 21.7 Å². The SMILES string of the molecule is CN=C(NCc1ccc(C(=O)NCC(N)=O)cc1)NCC1(c2cccc(F)c2)CC1.I. The van der Waals surface area contributed by atoms with Gasteiger partial charge in [-0.15, -0.1) is 24.0 Å². The first-order chi connectivity index (χ1) is 14.4. The van der Waals surface area contributed by atoms with Crippen molar-refractivity contribution in [2.45, 2.75) is 24.8 Å². The first kappa shape index (κ1) is 24.6. The van der Waals surface area contributed by atoms with Gasteiger partial charge in [0.2, 0.25) is 5.91 Å². The molecular weight excluding hydrogens is 512 g/mol. The topological polar surface area (TPSA) is 109 Å². The van der Waals surface area contributed by atoms with E-state index in [-0.39, 0.29) is 47.7 Å². The summed E-state index contributed by atoms with van der Waals surface area (Å²) in [7, 11) is 1.70. The van der Waals surface area contributed by atoms with Crippen LogP contribution in [0.1, 0.15) is 34.3 Å². The molecule has 1 aliphatic carbocycles. The average molecular weight is 539 g/mol. The Labute approximate surface area is 198 Å². The van der Waals surface area contributed by atoms with Crippen molar-refractivity contribution in [3.8, 4) is 0 Å². The minimum absolute atomic E-state index is 0. The van der Waals surface area contributed by atoms with Gasteiger partial charge in [-0.2, -0.15) is 0 Å². The van der Waals surface area contributed by atoms with Crippen molar-refractivity contribution >= 4 is 41.8 Å². The van der Waals surface area contributed by atoms with Crippen LogP contribution in [0, 0.1) is 5.82 Å². The average Bonchev–Trinajstić information content (AvgIpc) is 3.54. The molecular formula is C22H27FIN5O2. The third-order valence-electron chi connectivity index (χ3n) is 5.21. The molecule has 0 aliphatic heterocycles. The number of halogens is 2. The third-order valence-corrected chi connectivity index (χ3v) is 5.21. The molecule has 0 atom stereocenters. The maximum atomic E-state index is 13.6. The number of carbonyl (C=O) groups excluding carboxylic acids is 2. The molecule has 3 rings (SSSR count). The highest BCUT2D eigenvalue weighted by Gasteiger charge is 2.44. The molecule has 31 heavy (non-hydrogen) atoms. The highest BCUT2D eigenvalue weighted by atomic mass is 127. The number of nitrogens with zero attached hydrogens (tertiary/aromatic N) is 1. The highest BCUT2D eigenvalue weighted by Crippen LogP contribution is 2.47. The summed E-state index contributed by atoms with van der Waals surface area (Å²) in [6, 6.07) is 13.8. The molecule has 2 amide bonds. The van der Waals surface area contributed by atoms with Crippen LogP contribution in [0.15, 0.2) is 53.5 Å². The van der Waals surface area contributed by atoms with Crippen molar-refractivity contribution in [1.82, 2.24) is 16.0 Å². The normalized spacial score (nSPS) is 14.2. The second kappa shape index (κ2) is 11.1. The van der Waals surface area contributed by atoms with Crippen LogP contribution >= 0.6 is 24.0 Å². The van der Waals surface area contributed by atoms with Gasteiger partial charge in [0, 0.05) is 31.1 Å². The van der Waals surface area contributed by atoms with Gasteiger partial charge < -0.3 is 21.7 Å². The van der Waals surface area contributed by atoms with Crippen LogP contribution in [0.5, 0.6) is 0 Å². The second-order valence-corrected chi connectivity index (χ2v) is 7.42. The van der Waals surface area contributed by atoms with Gasteiger partial charge in [-0.1, -0.05) is 24.3 Å². The first-order valence-corrected chi connectivity index (χ1v) is 9.78. The van der Waals surface area contributed by atoms with Gasteiger partial charge in [-0.05, 0) is 48.2 Å². The maximum absolute atomic E-state index is 13.6. The highest BCUT2D eigenvalue weighted by molar-refractivity contribution is 14.0. The fourth-order valence-electron chi connectivity index (χ4n) is 3.24. The van der Waals surface area contributed by atoms with E-state index in [1.807, 2.05) is 18.2 Å². The lowest BCUT2D eigenvalue weighted by molar-refractivity contribution is -0.117. The molecule has 0 heterocycles. The number of rotatable bonds is 8. The third kappa shape index (κ3) is 6.91. The molecule has 0 aromatic heterocycles. The molecule has 0 spiro atoms. The lowest BCUT2D eigenvalue weighted by atomic mass is 9.96. The van der Waals surface area contributed by atoms with E-state index in [4.69, 9.17) is 5.73 Å². The summed E-state index contributed by atoms with van der Waals surface area (Å²) >= 11 is 0. The number of primary amides is 1. The van der Waals surface area contributed by atoms with E-state index in [1.165, 1.54) is 6.07 Å². The van der Waals surface area contributed by atoms with Crippen molar-refractivity contribution in [3.63, 3.8) is 0 Å².